The molecule has 0 aliphatic carbocycles. The highest BCUT2D eigenvalue weighted by molar-refractivity contribution is 6.30. The van der Waals surface area contributed by atoms with Crippen LogP contribution in [0.25, 0.3) is 5.69 Å². The van der Waals surface area contributed by atoms with Gasteiger partial charge in [-0.15, -0.1) is 0 Å². The van der Waals surface area contributed by atoms with Crippen LogP contribution in [0.3, 0.4) is 0 Å². The molecule has 33 heavy (non-hydrogen) atoms. The molecule has 2 aromatic carbocycles. The zero-order chi connectivity index (χ0) is 23.4. The summed E-state index contributed by atoms with van der Waals surface area (Å²) in [7, 11) is 0. The van der Waals surface area contributed by atoms with Crippen LogP contribution in [0.5, 0.6) is 0 Å². The molecule has 7 nitrogen and oxygen atoms in total. The number of imidazole rings is 1. The van der Waals surface area contributed by atoms with Crippen LogP contribution in [0.4, 0.5) is 4.39 Å². The lowest BCUT2D eigenvalue weighted by Gasteiger charge is -2.38. The van der Waals surface area contributed by atoms with E-state index in [1.165, 1.54) is 24.7 Å². The maximum atomic E-state index is 13.3. The number of aromatic nitrogens is 2. The van der Waals surface area contributed by atoms with Crippen LogP contribution in [-0.2, 0) is 9.53 Å². The second-order valence-corrected chi connectivity index (χ2v) is 8.10. The smallest absolute Gasteiger partial charge is 0.328 e. The molecule has 172 valence electrons. The first-order valence-electron chi connectivity index (χ1n) is 10.7. The number of carbonyl (C=O) groups is 2. The van der Waals surface area contributed by atoms with Crippen molar-refractivity contribution in [3.8, 4) is 5.69 Å². The van der Waals surface area contributed by atoms with Crippen LogP contribution in [0.15, 0.2) is 61.1 Å². The number of amides is 1. The number of piperazine rings is 1. The molecule has 1 saturated heterocycles. The Morgan fingerprint density at radius 1 is 1.06 bits per heavy atom. The molecule has 4 rings (SSSR count). The lowest BCUT2D eigenvalue weighted by molar-refractivity contribution is -0.150. The van der Waals surface area contributed by atoms with Crippen molar-refractivity contribution in [1.29, 1.82) is 0 Å². The first-order chi connectivity index (χ1) is 16.0. The van der Waals surface area contributed by atoms with E-state index in [0.717, 1.165) is 5.56 Å². The topological polar surface area (TPSA) is 67.7 Å². The minimum Gasteiger partial charge on any atom is -0.465 e. The van der Waals surface area contributed by atoms with Gasteiger partial charge in [0.15, 0.2) is 0 Å². The Balaban J connectivity index is 1.48. The van der Waals surface area contributed by atoms with Crippen molar-refractivity contribution in [3.63, 3.8) is 0 Å². The van der Waals surface area contributed by atoms with Gasteiger partial charge in [0, 0.05) is 36.9 Å². The van der Waals surface area contributed by atoms with Crippen molar-refractivity contribution in [2.45, 2.75) is 13.0 Å². The van der Waals surface area contributed by atoms with E-state index in [2.05, 4.69) is 4.98 Å². The Morgan fingerprint density at radius 2 is 1.73 bits per heavy atom. The van der Waals surface area contributed by atoms with Crippen molar-refractivity contribution in [1.82, 2.24) is 19.4 Å². The molecule has 1 aromatic heterocycles. The number of hydrogen-bond acceptors (Lipinski definition) is 5. The quantitative estimate of drug-likeness (QED) is 0.513. The van der Waals surface area contributed by atoms with Crippen LogP contribution in [0.2, 0.25) is 5.02 Å². The molecule has 0 N–H and O–H groups in total. The molecule has 1 fully saturated rings. The number of hydrogen-bond donors (Lipinski definition) is 0. The Labute approximate surface area is 196 Å². The zero-order valence-corrected chi connectivity index (χ0v) is 18.9. The average Bonchev–Trinajstić information content (AvgIpc) is 3.31. The number of benzene rings is 2. The van der Waals surface area contributed by atoms with Crippen LogP contribution < -0.4 is 0 Å². The van der Waals surface area contributed by atoms with E-state index < -0.39 is 6.04 Å². The monoisotopic (exact) mass is 470 g/mol. The maximum absolute atomic E-state index is 13.3. The summed E-state index contributed by atoms with van der Waals surface area (Å²) < 4.78 is 20.2. The standard InChI is InChI=1S/C24H24ClFN4O3/c1-2-33-24(32)22(17-3-5-18(25)6-4-17)28-11-13-29(14-12-28)23(31)21-15-27-16-30(21)20-9-7-19(26)8-10-20/h3-10,15-16,22H,2,11-14H2,1H3/t22-/m1/s1. The fourth-order valence-electron chi connectivity index (χ4n) is 3.97. The van der Waals surface area contributed by atoms with Crippen LogP contribution >= 0.6 is 11.6 Å². The van der Waals surface area contributed by atoms with E-state index in [1.54, 1.807) is 40.7 Å². The van der Waals surface area contributed by atoms with Crippen molar-refractivity contribution >= 4 is 23.5 Å². The van der Waals surface area contributed by atoms with Crippen LogP contribution in [-0.4, -0.2) is 64.0 Å². The van der Waals surface area contributed by atoms with E-state index >= 15 is 0 Å². The Kier molecular flexibility index (Phi) is 7.05. The molecule has 0 spiro atoms. The van der Waals surface area contributed by atoms with Gasteiger partial charge in [0.25, 0.3) is 5.91 Å². The molecule has 1 aliphatic heterocycles. The molecular weight excluding hydrogens is 447 g/mol. The van der Waals surface area contributed by atoms with Crippen molar-refractivity contribution in [2.24, 2.45) is 0 Å². The summed E-state index contributed by atoms with van der Waals surface area (Å²) in [6.45, 7) is 3.95. The predicted molar refractivity (Wildman–Crippen MR) is 122 cm³/mol. The molecule has 2 heterocycles. The number of rotatable bonds is 6. The number of carbonyl (C=O) groups excluding carboxylic acids is 2. The molecule has 1 amide bonds. The summed E-state index contributed by atoms with van der Waals surface area (Å²) in [6, 6.07) is 12.5. The summed E-state index contributed by atoms with van der Waals surface area (Å²) in [5.41, 5.74) is 1.85. The highest BCUT2D eigenvalue weighted by Gasteiger charge is 2.33. The number of esters is 1. The minimum absolute atomic E-state index is 0.171. The van der Waals surface area contributed by atoms with Gasteiger partial charge in [0.05, 0.1) is 19.1 Å². The Hall–Kier alpha value is -3.23. The van der Waals surface area contributed by atoms with Crippen molar-refractivity contribution < 1.29 is 18.7 Å². The van der Waals surface area contributed by atoms with Gasteiger partial charge in [0.1, 0.15) is 17.6 Å². The highest BCUT2D eigenvalue weighted by Crippen LogP contribution is 2.26. The second-order valence-electron chi connectivity index (χ2n) is 7.66. The van der Waals surface area contributed by atoms with Gasteiger partial charge < -0.3 is 9.64 Å². The van der Waals surface area contributed by atoms with Gasteiger partial charge in [-0.05, 0) is 48.9 Å². The average molecular weight is 471 g/mol. The minimum atomic E-state index is -0.566. The number of ether oxygens (including phenoxy) is 1. The highest BCUT2D eigenvalue weighted by atomic mass is 35.5. The van der Waals surface area contributed by atoms with Gasteiger partial charge in [-0.1, -0.05) is 23.7 Å². The molecule has 3 aromatic rings. The van der Waals surface area contributed by atoms with E-state index in [4.69, 9.17) is 16.3 Å². The SMILES string of the molecule is CCOC(=O)[C@@H](c1ccc(Cl)cc1)N1CCN(C(=O)c2cncn2-c2ccc(F)cc2)CC1. The van der Waals surface area contributed by atoms with Gasteiger partial charge in [-0.3, -0.25) is 14.3 Å². The molecule has 0 bridgehead atoms. The molecule has 0 unspecified atom stereocenters. The fourth-order valence-corrected chi connectivity index (χ4v) is 4.09. The van der Waals surface area contributed by atoms with E-state index in [0.29, 0.717) is 42.6 Å². The zero-order valence-electron chi connectivity index (χ0n) is 18.2. The number of halogens is 2. The van der Waals surface area contributed by atoms with Gasteiger partial charge >= 0.3 is 5.97 Å². The van der Waals surface area contributed by atoms with Crippen molar-refractivity contribution in [3.05, 3.63) is 83.2 Å². The van der Waals surface area contributed by atoms with Crippen molar-refractivity contribution in [2.75, 3.05) is 32.8 Å². The molecule has 0 saturated carbocycles. The molecule has 9 heteroatoms. The Bertz CT molecular complexity index is 1110. The molecular formula is C24H24ClFN4O3. The molecule has 0 radical (unpaired) electrons. The van der Waals surface area contributed by atoms with Crippen LogP contribution in [0, 0.1) is 5.82 Å². The third kappa shape index (κ3) is 5.07. The lowest BCUT2D eigenvalue weighted by atomic mass is 10.0. The maximum Gasteiger partial charge on any atom is 0.328 e. The summed E-state index contributed by atoms with van der Waals surface area (Å²) in [5.74, 6) is -0.843. The van der Waals surface area contributed by atoms with Gasteiger partial charge in [-0.2, -0.15) is 0 Å². The largest absolute Gasteiger partial charge is 0.465 e. The number of nitrogens with zero attached hydrogens (tertiary/aromatic N) is 4. The summed E-state index contributed by atoms with van der Waals surface area (Å²) in [5, 5.41) is 0.592. The first-order valence-corrected chi connectivity index (χ1v) is 11.1. The summed E-state index contributed by atoms with van der Waals surface area (Å²) in [4.78, 5) is 33.8. The summed E-state index contributed by atoms with van der Waals surface area (Å²) >= 11 is 6.01. The fraction of sp³-hybridized carbons (Fsp3) is 0.292. The molecule has 1 atom stereocenters. The summed E-state index contributed by atoms with van der Waals surface area (Å²) in [6.07, 6.45) is 3.04. The third-order valence-corrected chi connectivity index (χ3v) is 5.88. The lowest BCUT2D eigenvalue weighted by Crippen LogP contribution is -2.51. The van der Waals surface area contributed by atoms with Gasteiger partial charge in [0.2, 0.25) is 0 Å². The molecule has 1 aliphatic rings. The van der Waals surface area contributed by atoms with Gasteiger partial charge in [-0.25, -0.2) is 14.2 Å². The predicted octanol–water partition coefficient (Wildman–Crippen LogP) is 3.73. The normalized spacial score (nSPS) is 15.3. The second kappa shape index (κ2) is 10.1. The van der Waals surface area contributed by atoms with Crippen LogP contribution in [0.1, 0.15) is 29.0 Å². The third-order valence-electron chi connectivity index (χ3n) is 5.62. The van der Waals surface area contributed by atoms with E-state index in [9.17, 15) is 14.0 Å². The Morgan fingerprint density at radius 3 is 2.36 bits per heavy atom. The first kappa shape index (κ1) is 22.9. The van der Waals surface area contributed by atoms with E-state index in [-0.39, 0.29) is 24.3 Å². The van der Waals surface area contributed by atoms with E-state index in [1.807, 2.05) is 17.0 Å².